The normalized spacial score (nSPS) is 40.3. The molecule has 12 atom stereocenters. The third-order valence-corrected chi connectivity index (χ3v) is 8.55. The highest BCUT2D eigenvalue weighted by Gasteiger charge is 2.27. The van der Waals surface area contributed by atoms with Crippen LogP contribution in [0.1, 0.15) is 79.1 Å². The maximum atomic E-state index is 12.5. The molecule has 0 bridgehead atoms. The summed E-state index contributed by atoms with van der Waals surface area (Å²) in [4.78, 5) is 12.5. The SMILES string of the molecule is CC[C@H](C)C1OC(=O)/C=C/C=C/C=C/C=C/C=C/C[C@H](O)[C@H](C)[C@H](O)C[C@H](O)C[C@H](O)CC(O)C[C@H](O)C[C@@H](O)C[C@@H](O)/C=C/[C@@H]1C. The van der Waals surface area contributed by atoms with E-state index in [0.717, 1.165) is 6.42 Å². The minimum absolute atomic E-state index is 0.0516. The number of carbonyl (C=O) groups excluding carboxylic acids is 1. The lowest BCUT2D eigenvalue weighted by Gasteiger charge is -2.27. The van der Waals surface area contributed by atoms with Crippen LogP contribution in [0, 0.1) is 17.8 Å². The quantitative estimate of drug-likeness (QED) is 0.161. The van der Waals surface area contributed by atoms with Gasteiger partial charge in [0.1, 0.15) is 6.10 Å². The summed E-state index contributed by atoms with van der Waals surface area (Å²) in [6, 6.07) is 0. The van der Waals surface area contributed by atoms with Crippen LogP contribution in [0.2, 0.25) is 0 Å². The number of cyclic esters (lactones) is 1. The van der Waals surface area contributed by atoms with Gasteiger partial charge in [-0.3, -0.25) is 0 Å². The summed E-state index contributed by atoms with van der Waals surface area (Å²) in [6.45, 7) is 7.55. The highest BCUT2D eigenvalue weighted by molar-refractivity contribution is 5.82. The fourth-order valence-corrected chi connectivity index (χ4v) is 5.44. The Morgan fingerprint density at radius 3 is 1.66 bits per heavy atom. The van der Waals surface area contributed by atoms with Crippen LogP contribution >= 0.6 is 0 Å². The van der Waals surface area contributed by atoms with Crippen molar-refractivity contribution in [2.45, 2.75) is 134 Å². The summed E-state index contributed by atoms with van der Waals surface area (Å²) >= 11 is 0. The number of carbonyl (C=O) groups is 1. The highest BCUT2D eigenvalue weighted by atomic mass is 16.5. The van der Waals surface area contributed by atoms with Gasteiger partial charge >= 0.3 is 5.97 Å². The van der Waals surface area contributed by atoms with Crippen molar-refractivity contribution in [3.05, 3.63) is 72.9 Å². The van der Waals surface area contributed by atoms with E-state index < -0.39 is 66.8 Å². The Labute approximate surface area is 280 Å². The van der Waals surface area contributed by atoms with Gasteiger partial charge in [0.25, 0.3) is 0 Å². The summed E-state index contributed by atoms with van der Waals surface area (Å²) in [7, 11) is 0. The van der Waals surface area contributed by atoms with Gasteiger partial charge in [-0.2, -0.15) is 0 Å². The highest BCUT2D eigenvalue weighted by Crippen LogP contribution is 2.23. The summed E-state index contributed by atoms with van der Waals surface area (Å²) in [5.41, 5.74) is 0. The van der Waals surface area contributed by atoms with Crippen LogP contribution in [-0.4, -0.2) is 102 Å². The number of hydrogen-bond acceptors (Lipinski definition) is 10. The van der Waals surface area contributed by atoms with Crippen LogP contribution in [0.25, 0.3) is 0 Å². The zero-order chi connectivity index (χ0) is 35.4. The molecule has 47 heavy (non-hydrogen) atoms. The lowest BCUT2D eigenvalue weighted by atomic mass is 9.90. The van der Waals surface area contributed by atoms with Crippen molar-refractivity contribution < 1.29 is 50.4 Å². The number of aliphatic hydroxyl groups is 8. The van der Waals surface area contributed by atoms with E-state index in [1.807, 2.05) is 20.8 Å². The third kappa shape index (κ3) is 19.2. The minimum Gasteiger partial charge on any atom is -0.458 e. The Kier molecular flexibility index (Phi) is 21.6. The van der Waals surface area contributed by atoms with Crippen molar-refractivity contribution in [2.75, 3.05) is 0 Å². The van der Waals surface area contributed by atoms with Crippen molar-refractivity contribution >= 4 is 5.97 Å². The van der Waals surface area contributed by atoms with Crippen molar-refractivity contribution in [2.24, 2.45) is 17.8 Å². The first-order chi connectivity index (χ1) is 22.2. The molecule has 10 heteroatoms. The zero-order valence-corrected chi connectivity index (χ0v) is 28.4. The van der Waals surface area contributed by atoms with E-state index in [0.29, 0.717) is 6.42 Å². The Balaban J connectivity index is 3.01. The van der Waals surface area contributed by atoms with Crippen molar-refractivity contribution in [1.29, 1.82) is 0 Å². The second-order valence-corrected chi connectivity index (χ2v) is 13.0. The number of esters is 1. The number of ether oxygens (including phenoxy) is 1. The minimum atomic E-state index is -1.10. The molecule has 10 nitrogen and oxygen atoms in total. The van der Waals surface area contributed by atoms with E-state index in [-0.39, 0.29) is 50.4 Å². The maximum absolute atomic E-state index is 12.5. The zero-order valence-electron chi connectivity index (χ0n) is 28.4. The average Bonchev–Trinajstić information content (AvgIpc) is 2.99. The van der Waals surface area contributed by atoms with Gasteiger partial charge in [0.2, 0.25) is 0 Å². The van der Waals surface area contributed by atoms with Crippen LogP contribution in [0.3, 0.4) is 0 Å². The Morgan fingerprint density at radius 2 is 1.13 bits per heavy atom. The molecule has 2 unspecified atom stereocenters. The van der Waals surface area contributed by atoms with Gasteiger partial charge in [-0.25, -0.2) is 4.79 Å². The number of allylic oxidation sites excluding steroid dienone is 8. The van der Waals surface area contributed by atoms with Gasteiger partial charge < -0.3 is 45.6 Å². The topological polar surface area (TPSA) is 188 Å². The van der Waals surface area contributed by atoms with Gasteiger partial charge in [0, 0.05) is 24.3 Å². The lowest BCUT2D eigenvalue weighted by Crippen LogP contribution is -2.34. The smallest absolute Gasteiger partial charge is 0.331 e. The molecule has 1 heterocycles. The van der Waals surface area contributed by atoms with E-state index in [4.69, 9.17) is 4.74 Å². The molecule has 1 rings (SSSR count). The second-order valence-electron chi connectivity index (χ2n) is 13.0. The number of rotatable bonds is 2. The van der Waals surface area contributed by atoms with Crippen LogP contribution in [0.4, 0.5) is 0 Å². The molecular weight excluding hydrogens is 604 g/mol. The van der Waals surface area contributed by atoms with Gasteiger partial charge in [0.15, 0.2) is 0 Å². The fourth-order valence-electron chi connectivity index (χ4n) is 5.44. The first-order valence-corrected chi connectivity index (χ1v) is 16.9. The Bertz CT molecular complexity index is 1030. The largest absolute Gasteiger partial charge is 0.458 e. The van der Waals surface area contributed by atoms with Crippen LogP contribution in [0.15, 0.2) is 72.9 Å². The first-order valence-electron chi connectivity index (χ1n) is 16.9. The summed E-state index contributed by atoms with van der Waals surface area (Å²) in [5.74, 6) is -1.19. The molecule has 0 aromatic carbocycles. The van der Waals surface area contributed by atoms with E-state index >= 15 is 0 Å². The van der Waals surface area contributed by atoms with E-state index in [9.17, 15) is 45.6 Å². The lowest BCUT2D eigenvalue weighted by molar-refractivity contribution is -0.147. The molecule has 0 amide bonds. The van der Waals surface area contributed by atoms with Crippen LogP contribution < -0.4 is 0 Å². The first kappa shape index (κ1) is 42.6. The van der Waals surface area contributed by atoms with E-state index in [2.05, 4.69) is 0 Å². The summed E-state index contributed by atoms with van der Waals surface area (Å²) in [6.07, 6.45) is 12.2. The molecule has 1 aliphatic heterocycles. The van der Waals surface area contributed by atoms with Gasteiger partial charge in [-0.1, -0.05) is 101 Å². The average molecular weight is 665 g/mol. The molecule has 0 radical (unpaired) electrons. The summed E-state index contributed by atoms with van der Waals surface area (Å²) < 4.78 is 5.74. The Hall–Kier alpha value is -2.41. The van der Waals surface area contributed by atoms with Gasteiger partial charge in [0.05, 0.1) is 48.8 Å². The van der Waals surface area contributed by atoms with Crippen molar-refractivity contribution in [1.82, 2.24) is 0 Å². The summed E-state index contributed by atoms with van der Waals surface area (Å²) in [5, 5.41) is 83.4. The molecule has 0 saturated carbocycles. The number of aliphatic hydroxyl groups excluding tert-OH is 8. The molecule has 1 aliphatic rings. The molecule has 0 fully saturated rings. The van der Waals surface area contributed by atoms with Gasteiger partial charge in [-0.05, 0) is 44.4 Å². The van der Waals surface area contributed by atoms with E-state index in [1.54, 1.807) is 67.7 Å². The predicted molar refractivity (Wildman–Crippen MR) is 183 cm³/mol. The molecular formula is C37H60O10. The molecule has 0 aromatic rings. The van der Waals surface area contributed by atoms with Crippen LogP contribution in [-0.2, 0) is 9.53 Å². The monoisotopic (exact) mass is 664 g/mol. The van der Waals surface area contributed by atoms with Crippen molar-refractivity contribution in [3.63, 3.8) is 0 Å². The molecule has 0 aliphatic carbocycles. The molecule has 268 valence electrons. The maximum Gasteiger partial charge on any atom is 0.331 e. The predicted octanol–water partition coefficient (Wildman–Crippen LogP) is 3.19. The van der Waals surface area contributed by atoms with Crippen molar-refractivity contribution in [3.8, 4) is 0 Å². The molecule has 0 aromatic heterocycles. The molecule has 0 saturated heterocycles. The number of hydrogen-bond donors (Lipinski definition) is 8. The third-order valence-electron chi connectivity index (χ3n) is 8.55. The molecule has 8 N–H and O–H groups in total. The van der Waals surface area contributed by atoms with Gasteiger partial charge in [-0.15, -0.1) is 0 Å². The fraction of sp³-hybridized carbons (Fsp3) is 0.649. The van der Waals surface area contributed by atoms with Crippen LogP contribution in [0.5, 0.6) is 0 Å². The Morgan fingerprint density at radius 1 is 0.660 bits per heavy atom. The molecule has 0 spiro atoms. The van der Waals surface area contributed by atoms with E-state index in [1.165, 1.54) is 12.2 Å². The standard InChI is InChI=1S/C37H60O10/c1-5-25(2)37-26(3)17-18-28(38)19-29(39)20-30(40)21-31(41)22-32(42)23-33(43)24-35(45)27(4)34(44)15-13-11-9-7-6-8-10-12-14-16-36(46)47-37/h6-14,16-18,25-35,37-45H,5,15,19-24H2,1-4H3/b8-6+,9-7+,12-10+,13-11+,16-14+,18-17+/t25-,26-,27-,28-,29-,30+,31?,32+,33+,34-,35+,37?/m0/s1. The second kappa shape index (κ2) is 23.8.